The molecule has 1 aromatic carbocycles. The molecule has 0 aromatic heterocycles. The summed E-state index contributed by atoms with van der Waals surface area (Å²) < 4.78 is 10.7. The molecule has 4 nitrogen and oxygen atoms in total. The van der Waals surface area contributed by atoms with Crippen LogP contribution in [0.1, 0.15) is 11.6 Å². The molecular weight excluding hydrogens is 240 g/mol. The van der Waals surface area contributed by atoms with Crippen LogP contribution in [0.2, 0.25) is 0 Å². The van der Waals surface area contributed by atoms with Crippen LogP contribution in [0.5, 0.6) is 0 Å². The van der Waals surface area contributed by atoms with E-state index < -0.39 is 0 Å². The molecule has 0 bridgehead atoms. The van der Waals surface area contributed by atoms with E-state index in [0.717, 1.165) is 39.4 Å². The fourth-order valence-electron chi connectivity index (χ4n) is 2.35. The van der Waals surface area contributed by atoms with Gasteiger partial charge in [0.25, 0.3) is 0 Å². The first-order valence-corrected chi connectivity index (χ1v) is 6.97. The molecule has 1 heterocycles. The highest BCUT2D eigenvalue weighted by molar-refractivity contribution is 5.18. The average Bonchev–Trinajstić information content (AvgIpc) is 2.48. The average molecular weight is 264 g/mol. The highest BCUT2D eigenvalue weighted by atomic mass is 16.5. The molecule has 1 aliphatic heterocycles. The second-order valence-corrected chi connectivity index (χ2v) is 4.83. The number of ether oxygens (including phenoxy) is 2. The number of hydrogen-bond acceptors (Lipinski definition) is 4. The topological polar surface area (TPSA) is 33.7 Å². The number of nitrogens with one attached hydrogen (secondary N) is 1. The minimum Gasteiger partial charge on any atom is -0.383 e. The third kappa shape index (κ3) is 4.91. The molecule has 0 amide bonds. The van der Waals surface area contributed by atoms with E-state index in [0.29, 0.717) is 6.61 Å². The second-order valence-electron chi connectivity index (χ2n) is 4.83. The summed E-state index contributed by atoms with van der Waals surface area (Å²) in [5, 5.41) is 3.58. The Morgan fingerprint density at radius 3 is 2.68 bits per heavy atom. The number of morpholine rings is 1. The van der Waals surface area contributed by atoms with Gasteiger partial charge in [0.1, 0.15) is 0 Å². The van der Waals surface area contributed by atoms with Crippen molar-refractivity contribution in [3.8, 4) is 0 Å². The van der Waals surface area contributed by atoms with Gasteiger partial charge in [-0.25, -0.2) is 0 Å². The van der Waals surface area contributed by atoms with Crippen LogP contribution in [-0.4, -0.2) is 58.0 Å². The van der Waals surface area contributed by atoms with Gasteiger partial charge in [-0.05, 0) is 5.56 Å². The van der Waals surface area contributed by atoms with Gasteiger partial charge in [0.2, 0.25) is 0 Å². The molecule has 0 spiro atoms. The van der Waals surface area contributed by atoms with E-state index in [4.69, 9.17) is 9.47 Å². The van der Waals surface area contributed by atoms with Crippen molar-refractivity contribution in [2.24, 2.45) is 0 Å². The van der Waals surface area contributed by atoms with E-state index in [1.807, 2.05) is 6.07 Å². The summed E-state index contributed by atoms with van der Waals surface area (Å²) in [5.74, 6) is 0. The first-order chi connectivity index (χ1) is 9.40. The first-order valence-electron chi connectivity index (χ1n) is 6.97. The van der Waals surface area contributed by atoms with Crippen molar-refractivity contribution in [1.82, 2.24) is 10.2 Å². The number of methoxy groups -OCH3 is 1. The summed E-state index contributed by atoms with van der Waals surface area (Å²) in [7, 11) is 1.75. The zero-order valence-corrected chi connectivity index (χ0v) is 11.7. The van der Waals surface area contributed by atoms with E-state index in [2.05, 4.69) is 34.5 Å². The maximum atomic E-state index is 5.35. The monoisotopic (exact) mass is 264 g/mol. The van der Waals surface area contributed by atoms with E-state index in [1.165, 1.54) is 5.56 Å². The maximum absolute atomic E-state index is 5.35. The molecule has 1 aliphatic rings. The lowest BCUT2D eigenvalue weighted by atomic mass is 10.1. The van der Waals surface area contributed by atoms with E-state index in [1.54, 1.807) is 7.11 Å². The van der Waals surface area contributed by atoms with Gasteiger partial charge in [-0.2, -0.15) is 0 Å². The second kappa shape index (κ2) is 8.27. The van der Waals surface area contributed by atoms with Gasteiger partial charge in [0.05, 0.1) is 25.9 Å². The normalized spacial score (nSPS) is 18.4. The summed E-state index contributed by atoms with van der Waals surface area (Å²) >= 11 is 0. The Kier molecular flexibility index (Phi) is 6.30. The van der Waals surface area contributed by atoms with Gasteiger partial charge >= 0.3 is 0 Å². The molecular formula is C15H24N2O2. The summed E-state index contributed by atoms with van der Waals surface area (Å²) in [5.41, 5.74) is 1.28. The van der Waals surface area contributed by atoms with Crippen LogP contribution in [0.25, 0.3) is 0 Å². The Balaban J connectivity index is 1.77. The maximum Gasteiger partial charge on any atom is 0.0657 e. The number of rotatable bonds is 7. The Morgan fingerprint density at radius 2 is 2.00 bits per heavy atom. The minimum atomic E-state index is 0.271. The zero-order chi connectivity index (χ0) is 13.3. The first kappa shape index (κ1) is 14.5. The van der Waals surface area contributed by atoms with Crippen molar-refractivity contribution in [3.63, 3.8) is 0 Å². The van der Waals surface area contributed by atoms with Crippen molar-refractivity contribution in [2.75, 3.05) is 53.1 Å². The quantitative estimate of drug-likeness (QED) is 0.805. The number of hydrogen-bond donors (Lipinski definition) is 1. The lowest BCUT2D eigenvalue weighted by Gasteiger charge is -2.27. The van der Waals surface area contributed by atoms with Gasteiger partial charge < -0.3 is 14.8 Å². The van der Waals surface area contributed by atoms with Crippen molar-refractivity contribution in [3.05, 3.63) is 35.9 Å². The van der Waals surface area contributed by atoms with Gasteiger partial charge in [-0.3, -0.25) is 4.90 Å². The highest BCUT2D eigenvalue weighted by Crippen LogP contribution is 2.12. The lowest BCUT2D eigenvalue weighted by Crippen LogP contribution is -2.41. The van der Waals surface area contributed by atoms with Crippen molar-refractivity contribution in [1.29, 1.82) is 0 Å². The van der Waals surface area contributed by atoms with Crippen LogP contribution < -0.4 is 5.32 Å². The third-order valence-corrected chi connectivity index (χ3v) is 3.46. The van der Waals surface area contributed by atoms with E-state index in [-0.39, 0.29) is 6.04 Å². The van der Waals surface area contributed by atoms with Crippen molar-refractivity contribution >= 4 is 0 Å². The van der Waals surface area contributed by atoms with Gasteiger partial charge in [0, 0.05) is 33.3 Å². The molecule has 0 saturated carbocycles. The molecule has 1 aromatic rings. The molecule has 0 aliphatic carbocycles. The number of benzene rings is 1. The Hall–Kier alpha value is -0.940. The SMILES string of the molecule is COCC(NCCN1CCOCC1)c1ccccc1. The van der Waals surface area contributed by atoms with Gasteiger partial charge in [-0.15, -0.1) is 0 Å². The summed E-state index contributed by atoms with van der Waals surface area (Å²) in [6, 6.07) is 10.7. The Labute approximate surface area is 115 Å². The smallest absolute Gasteiger partial charge is 0.0657 e. The van der Waals surface area contributed by atoms with E-state index in [9.17, 15) is 0 Å². The Bertz CT molecular complexity index is 339. The van der Waals surface area contributed by atoms with Crippen LogP contribution in [0.4, 0.5) is 0 Å². The van der Waals surface area contributed by atoms with Crippen LogP contribution >= 0.6 is 0 Å². The van der Waals surface area contributed by atoms with Crippen LogP contribution in [-0.2, 0) is 9.47 Å². The van der Waals surface area contributed by atoms with Crippen LogP contribution in [0.3, 0.4) is 0 Å². The fraction of sp³-hybridized carbons (Fsp3) is 0.600. The largest absolute Gasteiger partial charge is 0.383 e. The molecule has 2 rings (SSSR count). The highest BCUT2D eigenvalue weighted by Gasteiger charge is 2.12. The van der Waals surface area contributed by atoms with Crippen LogP contribution in [0.15, 0.2) is 30.3 Å². The van der Waals surface area contributed by atoms with Crippen molar-refractivity contribution in [2.45, 2.75) is 6.04 Å². The van der Waals surface area contributed by atoms with Gasteiger partial charge in [0.15, 0.2) is 0 Å². The van der Waals surface area contributed by atoms with E-state index >= 15 is 0 Å². The summed E-state index contributed by atoms with van der Waals surface area (Å²) in [4.78, 5) is 2.44. The molecule has 1 atom stereocenters. The fourth-order valence-corrected chi connectivity index (χ4v) is 2.35. The minimum absolute atomic E-state index is 0.271. The van der Waals surface area contributed by atoms with Gasteiger partial charge in [-0.1, -0.05) is 30.3 Å². The Morgan fingerprint density at radius 1 is 1.26 bits per heavy atom. The zero-order valence-electron chi connectivity index (χ0n) is 11.7. The van der Waals surface area contributed by atoms with Crippen molar-refractivity contribution < 1.29 is 9.47 Å². The molecule has 4 heteroatoms. The molecule has 19 heavy (non-hydrogen) atoms. The summed E-state index contributed by atoms with van der Waals surface area (Å²) in [6.45, 7) is 6.55. The molecule has 106 valence electrons. The summed E-state index contributed by atoms with van der Waals surface area (Å²) in [6.07, 6.45) is 0. The molecule has 1 unspecified atom stereocenters. The molecule has 1 N–H and O–H groups in total. The van der Waals surface area contributed by atoms with Crippen LogP contribution in [0, 0.1) is 0 Å². The molecule has 0 radical (unpaired) electrons. The molecule has 1 fully saturated rings. The molecule has 1 saturated heterocycles. The predicted octanol–water partition coefficient (Wildman–Crippen LogP) is 1.30. The lowest BCUT2D eigenvalue weighted by molar-refractivity contribution is 0.0376. The standard InChI is InChI=1S/C15H24N2O2/c1-18-13-15(14-5-3-2-4-6-14)16-7-8-17-9-11-19-12-10-17/h2-6,15-16H,7-13H2,1H3. The number of nitrogens with zero attached hydrogens (tertiary/aromatic N) is 1. The predicted molar refractivity (Wildman–Crippen MR) is 76.3 cm³/mol. The third-order valence-electron chi connectivity index (χ3n) is 3.46.